The number of nitrogens with one attached hydrogen (secondary N) is 1. The third-order valence-corrected chi connectivity index (χ3v) is 9.04. The van der Waals surface area contributed by atoms with Crippen LogP contribution in [0.25, 0.3) is 0 Å². The number of carbonyl (C=O) groups excluding carboxylic acids is 1. The molecular weight excluding hydrogens is 493 g/mol. The first-order chi connectivity index (χ1) is 17.7. The topological polar surface area (TPSA) is 91.3 Å². The van der Waals surface area contributed by atoms with Gasteiger partial charge in [-0.15, -0.1) is 0 Å². The summed E-state index contributed by atoms with van der Waals surface area (Å²) in [7, 11) is 1.84. The predicted octanol–water partition coefficient (Wildman–Crippen LogP) is 6.19. The van der Waals surface area contributed by atoms with E-state index in [1.165, 1.54) is 0 Å². The molecule has 0 radical (unpaired) electrons. The van der Waals surface area contributed by atoms with Crippen molar-refractivity contribution in [2.45, 2.75) is 161 Å². The minimum atomic E-state index is -0.891. The van der Waals surface area contributed by atoms with E-state index >= 15 is 0 Å². The van der Waals surface area contributed by atoms with Crippen molar-refractivity contribution in [1.82, 2.24) is 15.1 Å². The summed E-state index contributed by atoms with van der Waals surface area (Å²) < 4.78 is 12.4. The number of unbranched alkanes of at least 4 members (excludes halogenated alkanes) is 2. The van der Waals surface area contributed by atoms with Crippen LogP contribution in [0, 0.1) is 5.92 Å². The van der Waals surface area contributed by atoms with Gasteiger partial charge in [0.05, 0.1) is 11.2 Å². The Morgan fingerprint density at radius 1 is 0.974 bits per heavy atom. The molecule has 0 spiro atoms. The molecule has 2 N–H and O–H groups in total. The second-order valence-corrected chi connectivity index (χ2v) is 15.0. The second-order valence-electron chi connectivity index (χ2n) is 15.0. The van der Waals surface area contributed by atoms with E-state index in [-0.39, 0.29) is 41.7 Å². The third kappa shape index (κ3) is 7.91. The van der Waals surface area contributed by atoms with Gasteiger partial charge in [-0.05, 0) is 121 Å². The molecule has 8 nitrogen and oxygen atoms in total. The molecule has 226 valence electrons. The van der Waals surface area contributed by atoms with Gasteiger partial charge in [-0.3, -0.25) is 9.69 Å². The van der Waals surface area contributed by atoms with Crippen molar-refractivity contribution in [1.29, 1.82) is 0 Å². The van der Waals surface area contributed by atoms with Gasteiger partial charge in [0, 0.05) is 17.1 Å². The Bertz CT molecular complexity index is 829. The van der Waals surface area contributed by atoms with Crippen LogP contribution in [-0.4, -0.2) is 81.5 Å². The zero-order chi connectivity index (χ0) is 30.0. The Hall–Kier alpha value is -1.32. The molecule has 2 aliphatic rings. The molecule has 1 atom stereocenters. The summed E-state index contributed by atoms with van der Waals surface area (Å²) in [5, 5.41) is 13.3. The Labute approximate surface area is 239 Å². The van der Waals surface area contributed by atoms with Gasteiger partial charge >= 0.3 is 13.2 Å². The van der Waals surface area contributed by atoms with Gasteiger partial charge in [0.1, 0.15) is 5.54 Å². The number of hydrogen-bond donors (Lipinski definition) is 2. The molecule has 0 aromatic carbocycles. The highest BCUT2D eigenvalue weighted by molar-refractivity contribution is 6.45. The maximum atomic E-state index is 14.2. The van der Waals surface area contributed by atoms with Crippen LogP contribution in [0.2, 0.25) is 6.32 Å². The SMILES string of the molecule is CCCCN(C)[C@](CCCCB1OC(C)(C)C(C)(C)O1)(C(=O)NC(C)(C)C)C1CC(N(C(=O)O)C(C)(C)C)C1. The molecule has 1 heterocycles. The van der Waals surface area contributed by atoms with Gasteiger partial charge in [-0.1, -0.05) is 26.2 Å². The van der Waals surface area contributed by atoms with Gasteiger partial charge in [0.15, 0.2) is 0 Å². The zero-order valence-electron chi connectivity index (χ0n) is 27.1. The average molecular weight is 552 g/mol. The Kier molecular flexibility index (Phi) is 10.7. The van der Waals surface area contributed by atoms with Gasteiger partial charge in [0.25, 0.3) is 0 Å². The lowest BCUT2D eigenvalue weighted by Crippen LogP contribution is -2.69. The summed E-state index contributed by atoms with van der Waals surface area (Å²) in [5.74, 6) is 0.137. The fourth-order valence-corrected chi connectivity index (χ4v) is 6.19. The van der Waals surface area contributed by atoms with Crippen LogP contribution >= 0.6 is 0 Å². The third-order valence-electron chi connectivity index (χ3n) is 9.04. The molecule has 1 aliphatic carbocycles. The quantitative estimate of drug-likeness (QED) is 0.222. The van der Waals surface area contributed by atoms with E-state index in [1.54, 1.807) is 4.90 Å². The van der Waals surface area contributed by atoms with Gasteiger partial charge in [0.2, 0.25) is 5.91 Å². The first-order valence-electron chi connectivity index (χ1n) is 15.1. The van der Waals surface area contributed by atoms with E-state index in [0.29, 0.717) is 19.3 Å². The first-order valence-corrected chi connectivity index (χ1v) is 15.1. The molecule has 9 heteroatoms. The first kappa shape index (κ1) is 33.9. The minimum Gasteiger partial charge on any atom is -0.465 e. The molecular formula is C30H58BN3O5. The van der Waals surface area contributed by atoms with Crippen molar-refractivity contribution in [2.24, 2.45) is 5.92 Å². The van der Waals surface area contributed by atoms with Gasteiger partial charge < -0.3 is 24.6 Å². The summed E-state index contributed by atoms with van der Waals surface area (Å²) in [6.07, 6.45) is 5.80. The average Bonchev–Trinajstić information content (AvgIpc) is 2.92. The zero-order valence-corrected chi connectivity index (χ0v) is 27.1. The summed E-state index contributed by atoms with van der Waals surface area (Å²) in [5.41, 5.74) is -2.25. The lowest BCUT2D eigenvalue weighted by molar-refractivity contribution is -0.145. The van der Waals surface area contributed by atoms with Crippen LogP contribution in [0.4, 0.5) is 4.79 Å². The normalized spacial score (nSPS) is 24.3. The largest absolute Gasteiger partial charge is 0.465 e. The van der Waals surface area contributed by atoms with E-state index in [1.807, 2.05) is 41.5 Å². The molecule has 1 saturated carbocycles. The number of nitrogens with zero attached hydrogens (tertiary/aromatic N) is 2. The molecule has 0 unspecified atom stereocenters. The van der Waals surface area contributed by atoms with Crippen LogP contribution in [-0.2, 0) is 14.1 Å². The van der Waals surface area contributed by atoms with Crippen molar-refractivity contribution in [2.75, 3.05) is 13.6 Å². The molecule has 39 heavy (non-hydrogen) atoms. The fraction of sp³-hybridized carbons (Fsp3) is 0.933. The number of likely N-dealkylation sites (N-methyl/N-ethyl adjacent to an activating group) is 1. The Morgan fingerprint density at radius 2 is 1.51 bits per heavy atom. The molecule has 2 rings (SSSR count). The lowest BCUT2D eigenvalue weighted by atomic mass is 9.63. The maximum Gasteiger partial charge on any atom is 0.457 e. The van der Waals surface area contributed by atoms with Crippen LogP contribution < -0.4 is 5.32 Å². The van der Waals surface area contributed by atoms with Crippen LogP contribution in [0.15, 0.2) is 0 Å². The highest BCUT2D eigenvalue weighted by atomic mass is 16.7. The molecule has 1 aliphatic heterocycles. The minimum absolute atomic E-state index is 0.0605. The van der Waals surface area contributed by atoms with Gasteiger partial charge in [-0.25, -0.2) is 4.79 Å². The van der Waals surface area contributed by atoms with Crippen LogP contribution in [0.1, 0.15) is 121 Å². The monoisotopic (exact) mass is 551 g/mol. The fourth-order valence-electron chi connectivity index (χ4n) is 6.19. The summed E-state index contributed by atoms with van der Waals surface area (Å²) in [6.45, 7) is 23.2. The van der Waals surface area contributed by atoms with E-state index in [0.717, 1.165) is 38.5 Å². The number of rotatable bonds is 12. The number of amides is 2. The Morgan fingerprint density at radius 3 is 1.95 bits per heavy atom. The van der Waals surface area contributed by atoms with Crippen LogP contribution in [0.5, 0.6) is 0 Å². The van der Waals surface area contributed by atoms with Crippen molar-refractivity contribution in [3.05, 3.63) is 0 Å². The lowest BCUT2D eigenvalue weighted by Gasteiger charge is -2.56. The Balaban J connectivity index is 2.28. The number of hydrogen-bond acceptors (Lipinski definition) is 5. The van der Waals surface area contributed by atoms with Crippen molar-refractivity contribution >= 4 is 19.1 Å². The highest BCUT2D eigenvalue weighted by Crippen LogP contribution is 2.47. The van der Waals surface area contributed by atoms with E-state index in [4.69, 9.17) is 9.31 Å². The summed E-state index contributed by atoms with van der Waals surface area (Å²) in [4.78, 5) is 30.2. The van der Waals surface area contributed by atoms with Crippen LogP contribution in [0.3, 0.4) is 0 Å². The maximum absolute atomic E-state index is 14.2. The van der Waals surface area contributed by atoms with Crippen molar-refractivity contribution in [3.63, 3.8) is 0 Å². The molecule has 2 fully saturated rings. The molecule has 0 bridgehead atoms. The standard InChI is InChI=1S/C30H58BN3O5/c1-13-14-19-33(12)30(24(35)32-26(2,3)4,22-20-23(21-22)34(25(36)37)27(5,6)7)17-15-16-18-31-38-28(8,9)29(10,11)39-31/h22-23H,13-21H2,1-12H3,(H,32,35)(H,36,37)/t22?,23?,30-/m0/s1. The van der Waals surface area contributed by atoms with Gasteiger partial charge in [-0.2, -0.15) is 0 Å². The number of carboxylic acid groups (broad SMARTS) is 1. The summed E-state index contributed by atoms with van der Waals surface area (Å²) >= 11 is 0. The van der Waals surface area contributed by atoms with E-state index in [2.05, 4.69) is 51.9 Å². The van der Waals surface area contributed by atoms with E-state index in [9.17, 15) is 14.7 Å². The molecule has 2 amide bonds. The smallest absolute Gasteiger partial charge is 0.457 e. The second kappa shape index (κ2) is 12.3. The molecule has 0 aromatic heterocycles. The molecule has 0 aromatic rings. The van der Waals surface area contributed by atoms with E-state index < -0.39 is 17.2 Å². The van der Waals surface area contributed by atoms with Crippen molar-refractivity contribution in [3.8, 4) is 0 Å². The highest BCUT2D eigenvalue weighted by Gasteiger charge is 2.56. The molecule has 1 saturated heterocycles. The summed E-state index contributed by atoms with van der Waals surface area (Å²) in [6, 6.07) is -0.0846. The van der Waals surface area contributed by atoms with Crippen molar-refractivity contribution < 1.29 is 24.0 Å². The number of carbonyl (C=O) groups is 2. The predicted molar refractivity (Wildman–Crippen MR) is 159 cm³/mol.